The van der Waals surface area contributed by atoms with Crippen molar-refractivity contribution >= 4 is 5.78 Å². The number of hydrogen-bond acceptors (Lipinski definition) is 2. The number of ketones is 1. The Morgan fingerprint density at radius 1 is 1.00 bits per heavy atom. The molecule has 0 aliphatic heterocycles. The van der Waals surface area contributed by atoms with Gasteiger partial charge >= 0.3 is 0 Å². The summed E-state index contributed by atoms with van der Waals surface area (Å²) in [5.74, 6) is 1.96. The van der Waals surface area contributed by atoms with E-state index < -0.39 is 0 Å². The van der Waals surface area contributed by atoms with Crippen LogP contribution in [0, 0.1) is 5.92 Å². The van der Waals surface area contributed by atoms with Crippen molar-refractivity contribution in [1.29, 1.82) is 0 Å². The number of hydrogen-bond donors (Lipinski definition) is 1. The molecule has 1 unspecified atom stereocenters. The van der Waals surface area contributed by atoms with Crippen LogP contribution in [0.1, 0.15) is 89.0 Å². The van der Waals surface area contributed by atoms with Crippen LogP contribution >= 0.6 is 0 Å². The number of rotatable bonds is 9. The molecule has 1 aromatic carbocycles. The van der Waals surface area contributed by atoms with E-state index in [1.165, 1.54) is 50.5 Å². The SMILES string of the molecule is CCCCCCCCC(c1ccc(O)cc1)C1CCC(=O)CC1. The Balaban J connectivity index is 1.91. The summed E-state index contributed by atoms with van der Waals surface area (Å²) in [6.45, 7) is 2.26. The molecular formula is C21H32O2. The van der Waals surface area contributed by atoms with Crippen LogP contribution in [-0.2, 0) is 4.79 Å². The van der Waals surface area contributed by atoms with E-state index in [1.54, 1.807) is 12.1 Å². The van der Waals surface area contributed by atoms with Crippen LogP contribution in [0.3, 0.4) is 0 Å². The van der Waals surface area contributed by atoms with Crippen molar-refractivity contribution in [2.45, 2.75) is 83.5 Å². The molecule has 1 aliphatic carbocycles. The fourth-order valence-electron chi connectivity index (χ4n) is 3.91. The molecular weight excluding hydrogens is 284 g/mol. The summed E-state index contributed by atoms with van der Waals surface area (Å²) in [7, 11) is 0. The molecule has 0 radical (unpaired) electrons. The van der Waals surface area contributed by atoms with Gasteiger partial charge in [0.25, 0.3) is 0 Å². The van der Waals surface area contributed by atoms with Gasteiger partial charge in [0.1, 0.15) is 11.5 Å². The second-order valence-electron chi connectivity index (χ2n) is 7.13. The van der Waals surface area contributed by atoms with Gasteiger partial charge in [0.05, 0.1) is 0 Å². The number of carbonyl (C=O) groups excluding carboxylic acids is 1. The van der Waals surface area contributed by atoms with Crippen LogP contribution < -0.4 is 0 Å². The smallest absolute Gasteiger partial charge is 0.132 e. The summed E-state index contributed by atoms with van der Waals surface area (Å²) in [6, 6.07) is 7.76. The van der Waals surface area contributed by atoms with Crippen molar-refractivity contribution in [3.63, 3.8) is 0 Å². The molecule has 23 heavy (non-hydrogen) atoms. The Morgan fingerprint density at radius 2 is 1.61 bits per heavy atom. The minimum absolute atomic E-state index is 0.339. The van der Waals surface area contributed by atoms with E-state index in [2.05, 4.69) is 19.1 Å². The second-order valence-corrected chi connectivity index (χ2v) is 7.13. The first kappa shape index (κ1) is 18.0. The van der Waals surface area contributed by atoms with E-state index in [0.29, 0.717) is 23.4 Å². The van der Waals surface area contributed by atoms with Crippen LogP contribution in [0.4, 0.5) is 0 Å². The second kappa shape index (κ2) is 9.75. The molecule has 2 nitrogen and oxygen atoms in total. The normalized spacial score (nSPS) is 17.3. The van der Waals surface area contributed by atoms with Gasteiger partial charge in [-0.05, 0) is 48.8 Å². The molecule has 1 N–H and O–H groups in total. The van der Waals surface area contributed by atoms with Crippen LogP contribution in [-0.4, -0.2) is 10.9 Å². The number of benzene rings is 1. The molecule has 0 bridgehead atoms. The number of carbonyl (C=O) groups is 1. The van der Waals surface area contributed by atoms with E-state index >= 15 is 0 Å². The van der Waals surface area contributed by atoms with E-state index in [1.807, 2.05) is 0 Å². The lowest BCUT2D eigenvalue weighted by atomic mass is 9.74. The molecule has 0 aromatic heterocycles. The van der Waals surface area contributed by atoms with Crippen molar-refractivity contribution in [1.82, 2.24) is 0 Å². The molecule has 0 saturated heterocycles. The maximum Gasteiger partial charge on any atom is 0.132 e. The Morgan fingerprint density at radius 3 is 2.26 bits per heavy atom. The third kappa shape index (κ3) is 6.01. The summed E-state index contributed by atoms with van der Waals surface area (Å²) in [4.78, 5) is 11.5. The Kier molecular flexibility index (Phi) is 7.64. The standard InChI is InChI=1S/C21H32O2/c1-2-3-4-5-6-7-8-21(17-9-13-19(22)14-10-17)18-11-15-20(23)16-12-18/h9-10,13-14,18,21-22H,2-8,11-12,15-16H2,1H3. The Labute approximate surface area is 141 Å². The lowest BCUT2D eigenvalue weighted by Crippen LogP contribution is -2.20. The number of phenolic OH excluding ortho intramolecular Hbond substituents is 1. The molecule has 0 amide bonds. The molecule has 0 spiro atoms. The van der Waals surface area contributed by atoms with Gasteiger partial charge in [0.2, 0.25) is 0 Å². The zero-order valence-electron chi connectivity index (χ0n) is 14.6. The first-order valence-corrected chi connectivity index (χ1v) is 9.51. The average molecular weight is 316 g/mol. The van der Waals surface area contributed by atoms with Crippen molar-refractivity contribution in [2.24, 2.45) is 5.92 Å². The van der Waals surface area contributed by atoms with Gasteiger partial charge in [-0.15, -0.1) is 0 Å². The Bertz CT molecular complexity index is 453. The van der Waals surface area contributed by atoms with Gasteiger partial charge in [-0.25, -0.2) is 0 Å². The van der Waals surface area contributed by atoms with Crippen LogP contribution in [0.25, 0.3) is 0 Å². The molecule has 1 aromatic rings. The van der Waals surface area contributed by atoms with Gasteiger partial charge in [0, 0.05) is 12.8 Å². The summed E-state index contributed by atoms with van der Waals surface area (Å²) in [5, 5.41) is 9.54. The maximum atomic E-state index is 11.5. The third-order valence-electron chi connectivity index (χ3n) is 5.35. The van der Waals surface area contributed by atoms with Crippen molar-refractivity contribution in [3.05, 3.63) is 29.8 Å². The van der Waals surface area contributed by atoms with Gasteiger partial charge in [0.15, 0.2) is 0 Å². The molecule has 2 rings (SSSR count). The molecule has 1 atom stereocenters. The molecule has 128 valence electrons. The van der Waals surface area contributed by atoms with E-state index in [0.717, 1.165) is 25.7 Å². The van der Waals surface area contributed by atoms with Gasteiger partial charge < -0.3 is 5.11 Å². The number of Topliss-reactive ketones (excluding diaryl/α,β-unsaturated/α-hetero) is 1. The van der Waals surface area contributed by atoms with Gasteiger partial charge in [-0.1, -0.05) is 57.6 Å². The van der Waals surface area contributed by atoms with Crippen molar-refractivity contribution in [2.75, 3.05) is 0 Å². The zero-order chi connectivity index (χ0) is 16.5. The lowest BCUT2D eigenvalue weighted by molar-refractivity contribution is -0.121. The van der Waals surface area contributed by atoms with E-state index in [4.69, 9.17) is 0 Å². The van der Waals surface area contributed by atoms with Crippen LogP contribution in [0.15, 0.2) is 24.3 Å². The summed E-state index contributed by atoms with van der Waals surface area (Å²) in [6.07, 6.45) is 12.8. The van der Waals surface area contributed by atoms with Gasteiger partial charge in [-0.2, -0.15) is 0 Å². The predicted molar refractivity (Wildman–Crippen MR) is 95.8 cm³/mol. The first-order valence-electron chi connectivity index (χ1n) is 9.51. The van der Waals surface area contributed by atoms with E-state index in [-0.39, 0.29) is 0 Å². The molecule has 0 heterocycles. The fraction of sp³-hybridized carbons (Fsp3) is 0.667. The first-order chi connectivity index (χ1) is 11.2. The largest absolute Gasteiger partial charge is 0.508 e. The Hall–Kier alpha value is -1.31. The lowest BCUT2D eigenvalue weighted by Gasteiger charge is -2.30. The molecule has 1 aliphatic rings. The maximum absolute atomic E-state index is 11.5. The molecule has 2 heteroatoms. The minimum Gasteiger partial charge on any atom is -0.508 e. The zero-order valence-corrected chi connectivity index (χ0v) is 14.6. The topological polar surface area (TPSA) is 37.3 Å². The highest BCUT2D eigenvalue weighted by atomic mass is 16.3. The molecule has 1 fully saturated rings. The number of aromatic hydroxyl groups is 1. The van der Waals surface area contributed by atoms with Crippen molar-refractivity contribution < 1.29 is 9.90 Å². The third-order valence-corrected chi connectivity index (χ3v) is 5.35. The highest BCUT2D eigenvalue weighted by Gasteiger charge is 2.27. The highest BCUT2D eigenvalue weighted by molar-refractivity contribution is 5.79. The van der Waals surface area contributed by atoms with E-state index in [9.17, 15) is 9.90 Å². The van der Waals surface area contributed by atoms with Gasteiger partial charge in [-0.3, -0.25) is 4.79 Å². The molecule has 1 saturated carbocycles. The van der Waals surface area contributed by atoms with Crippen molar-refractivity contribution in [3.8, 4) is 5.75 Å². The van der Waals surface area contributed by atoms with Crippen LogP contribution in [0.2, 0.25) is 0 Å². The highest BCUT2D eigenvalue weighted by Crippen LogP contribution is 2.38. The predicted octanol–water partition coefficient (Wildman–Crippen LogP) is 5.99. The summed E-state index contributed by atoms with van der Waals surface area (Å²) < 4.78 is 0. The number of unbranched alkanes of at least 4 members (excludes halogenated alkanes) is 5. The monoisotopic (exact) mass is 316 g/mol. The quantitative estimate of drug-likeness (QED) is 0.568. The minimum atomic E-state index is 0.339. The number of phenols is 1. The fourth-order valence-corrected chi connectivity index (χ4v) is 3.91. The average Bonchev–Trinajstić information content (AvgIpc) is 2.57. The summed E-state index contributed by atoms with van der Waals surface area (Å²) >= 11 is 0. The summed E-state index contributed by atoms with van der Waals surface area (Å²) in [5.41, 5.74) is 1.34. The van der Waals surface area contributed by atoms with Crippen LogP contribution in [0.5, 0.6) is 5.75 Å².